The quantitative estimate of drug-likeness (QED) is 0.542. The number of hydrogen-bond acceptors (Lipinski definition) is 1. The fraction of sp³-hybridized carbons (Fsp3) is 0.154. The van der Waals surface area contributed by atoms with Crippen molar-refractivity contribution in [2.45, 2.75) is 18.4 Å². The number of benzene rings is 3. The summed E-state index contributed by atoms with van der Waals surface area (Å²) in [5.74, 6) is 0. The van der Waals surface area contributed by atoms with Gasteiger partial charge in [0.05, 0.1) is 6.04 Å². The van der Waals surface area contributed by atoms with Crippen molar-refractivity contribution in [3.05, 3.63) is 108 Å². The van der Waals surface area contributed by atoms with E-state index in [-0.39, 0.29) is 5.41 Å². The molecule has 3 aromatic rings. The topological polar surface area (TPSA) is 3.24 Å². The Bertz CT molecular complexity index is 1050. The van der Waals surface area contributed by atoms with Gasteiger partial charge in [-0.3, -0.25) is 0 Å². The summed E-state index contributed by atoms with van der Waals surface area (Å²) in [6.07, 6.45) is 7.11. The first-order chi connectivity index (χ1) is 13.2. The number of fused-ring (bicyclic) bond motifs is 3. The second-order valence-corrected chi connectivity index (χ2v) is 7.76. The van der Waals surface area contributed by atoms with Gasteiger partial charge in [0.1, 0.15) is 0 Å². The third kappa shape index (κ3) is 2.46. The molecule has 1 heterocycles. The summed E-state index contributed by atoms with van der Waals surface area (Å²) in [7, 11) is 2.21. The molecule has 2 unspecified atom stereocenters. The number of nitrogens with zero attached hydrogens (tertiary/aromatic N) is 1. The SMILES string of the molecule is CN1c2ccc(-c3ccccc3)cc2C2(C)C=C(c3ccccc3)C=CC12. The fourth-order valence-corrected chi connectivity index (χ4v) is 4.66. The summed E-state index contributed by atoms with van der Waals surface area (Å²) in [6.45, 7) is 2.38. The van der Waals surface area contributed by atoms with Crippen molar-refractivity contribution in [1.82, 2.24) is 0 Å². The van der Waals surface area contributed by atoms with Gasteiger partial charge in [-0.25, -0.2) is 0 Å². The zero-order chi connectivity index (χ0) is 18.4. The summed E-state index contributed by atoms with van der Waals surface area (Å²) >= 11 is 0. The molecule has 0 amide bonds. The van der Waals surface area contributed by atoms with Gasteiger partial charge in [0.25, 0.3) is 0 Å². The van der Waals surface area contributed by atoms with Crippen LogP contribution in [0.25, 0.3) is 16.7 Å². The van der Waals surface area contributed by atoms with E-state index in [9.17, 15) is 0 Å². The highest BCUT2D eigenvalue weighted by Gasteiger charge is 2.45. The van der Waals surface area contributed by atoms with Crippen LogP contribution in [0, 0.1) is 0 Å². The Labute approximate surface area is 161 Å². The van der Waals surface area contributed by atoms with Gasteiger partial charge >= 0.3 is 0 Å². The van der Waals surface area contributed by atoms with Crippen LogP contribution in [0.15, 0.2) is 97.1 Å². The molecule has 2 aliphatic rings. The lowest BCUT2D eigenvalue weighted by atomic mass is 9.73. The minimum absolute atomic E-state index is 0.0329. The number of rotatable bonds is 2. The van der Waals surface area contributed by atoms with Gasteiger partial charge in [0.15, 0.2) is 0 Å². The Morgan fingerprint density at radius 3 is 2.15 bits per heavy atom. The van der Waals surface area contributed by atoms with Crippen molar-refractivity contribution < 1.29 is 0 Å². The lowest BCUT2D eigenvalue weighted by molar-refractivity contribution is 0.543. The van der Waals surface area contributed by atoms with Gasteiger partial charge in [0, 0.05) is 18.2 Å². The fourth-order valence-electron chi connectivity index (χ4n) is 4.66. The molecule has 3 aromatic carbocycles. The number of likely N-dealkylation sites (N-methyl/N-ethyl adjacent to an activating group) is 1. The van der Waals surface area contributed by atoms with E-state index in [1.165, 1.54) is 33.5 Å². The summed E-state index contributed by atoms with van der Waals surface area (Å²) in [5.41, 5.74) is 7.85. The van der Waals surface area contributed by atoms with Crippen molar-refractivity contribution >= 4 is 11.3 Å². The number of allylic oxidation sites excluding steroid dienone is 2. The van der Waals surface area contributed by atoms with E-state index in [1.807, 2.05) is 0 Å². The molecule has 1 nitrogen and oxygen atoms in total. The first-order valence-corrected chi connectivity index (χ1v) is 9.56. The van der Waals surface area contributed by atoms with Crippen LogP contribution >= 0.6 is 0 Å². The molecule has 0 radical (unpaired) electrons. The molecular weight excluding hydrogens is 326 g/mol. The third-order valence-corrected chi connectivity index (χ3v) is 6.12. The van der Waals surface area contributed by atoms with Crippen molar-refractivity contribution in [1.29, 1.82) is 0 Å². The maximum atomic E-state index is 2.46. The summed E-state index contributed by atoms with van der Waals surface area (Å²) in [4.78, 5) is 2.42. The van der Waals surface area contributed by atoms with Crippen LogP contribution in [-0.2, 0) is 5.41 Å². The van der Waals surface area contributed by atoms with E-state index >= 15 is 0 Å². The molecule has 0 fully saturated rings. The minimum Gasteiger partial charge on any atom is -0.367 e. The van der Waals surface area contributed by atoms with E-state index in [0.29, 0.717) is 6.04 Å². The monoisotopic (exact) mass is 349 g/mol. The predicted octanol–water partition coefficient (Wildman–Crippen LogP) is 6.08. The van der Waals surface area contributed by atoms with Crippen molar-refractivity contribution in [3.63, 3.8) is 0 Å². The lowest BCUT2D eigenvalue weighted by Crippen LogP contribution is -2.39. The highest BCUT2D eigenvalue weighted by molar-refractivity contribution is 5.82. The first-order valence-electron chi connectivity index (χ1n) is 9.56. The molecule has 0 bridgehead atoms. The van der Waals surface area contributed by atoms with Gasteiger partial charge in [-0.2, -0.15) is 0 Å². The van der Waals surface area contributed by atoms with Gasteiger partial charge in [-0.15, -0.1) is 0 Å². The van der Waals surface area contributed by atoms with E-state index in [1.54, 1.807) is 0 Å². The molecule has 0 N–H and O–H groups in total. The first kappa shape index (κ1) is 16.1. The highest BCUT2D eigenvalue weighted by Crippen LogP contribution is 2.50. The average molecular weight is 349 g/mol. The van der Waals surface area contributed by atoms with Gasteiger partial charge in [0.2, 0.25) is 0 Å². The lowest BCUT2D eigenvalue weighted by Gasteiger charge is -2.34. The molecule has 5 rings (SSSR count). The Morgan fingerprint density at radius 1 is 0.778 bits per heavy atom. The molecule has 1 heteroatoms. The normalized spacial score (nSPS) is 23.0. The molecule has 0 aromatic heterocycles. The highest BCUT2D eigenvalue weighted by atomic mass is 15.2. The van der Waals surface area contributed by atoms with Gasteiger partial charge < -0.3 is 4.90 Å². The molecule has 132 valence electrons. The van der Waals surface area contributed by atoms with Crippen LogP contribution in [-0.4, -0.2) is 13.1 Å². The summed E-state index contributed by atoms with van der Waals surface area (Å²) in [5, 5.41) is 0. The van der Waals surface area contributed by atoms with Crippen LogP contribution in [0.5, 0.6) is 0 Å². The molecule has 1 aliphatic heterocycles. The predicted molar refractivity (Wildman–Crippen MR) is 115 cm³/mol. The van der Waals surface area contributed by atoms with Crippen LogP contribution in [0.1, 0.15) is 18.1 Å². The summed E-state index contributed by atoms with van der Waals surface area (Å²) < 4.78 is 0. The Morgan fingerprint density at radius 2 is 1.44 bits per heavy atom. The van der Waals surface area contributed by atoms with Crippen LogP contribution in [0.2, 0.25) is 0 Å². The maximum Gasteiger partial charge on any atom is 0.0603 e. The van der Waals surface area contributed by atoms with Gasteiger partial charge in [-0.05, 0) is 46.9 Å². The van der Waals surface area contributed by atoms with E-state index in [0.717, 1.165) is 0 Å². The molecule has 27 heavy (non-hydrogen) atoms. The largest absolute Gasteiger partial charge is 0.367 e. The second-order valence-electron chi connectivity index (χ2n) is 7.76. The van der Waals surface area contributed by atoms with Gasteiger partial charge in [-0.1, -0.05) is 85.0 Å². The van der Waals surface area contributed by atoms with E-state index < -0.39 is 0 Å². The average Bonchev–Trinajstić information content (AvgIpc) is 2.95. The third-order valence-electron chi connectivity index (χ3n) is 6.12. The Balaban J connectivity index is 1.65. The number of hydrogen-bond donors (Lipinski definition) is 0. The Kier molecular flexibility index (Phi) is 3.58. The Hall–Kier alpha value is -3.06. The summed E-state index contributed by atoms with van der Waals surface area (Å²) in [6, 6.07) is 28.6. The molecule has 0 spiro atoms. The van der Waals surface area contributed by atoms with Crippen LogP contribution in [0.3, 0.4) is 0 Å². The standard InChI is InChI=1S/C26H23N/c1-26-18-22(20-11-7-4-8-12-20)14-16-25(26)27(2)24-15-13-21(17-23(24)26)19-9-5-3-6-10-19/h3-18,25H,1-2H3. The molecule has 0 saturated carbocycles. The minimum atomic E-state index is -0.0329. The smallest absolute Gasteiger partial charge is 0.0603 e. The van der Waals surface area contributed by atoms with E-state index in [2.05, 4.69) is 116 Å². The maximum absolute atomic E-state index is 2.46. The number of anilines is 1. The molecular formula is C26H23N. The van der Waals surface area contributed by atoms with Crippen LogP contribution < -0.4 is 4.90 Å². The van der Waals surface area contributed by atoms with Crippen LogP contribution in [0.4, 0.5) is 5.69 Å². The molecule has 2 atom stereocenters. The molecule has 0 saturated heterocycles. The van der Waals surface area contributed by atoms with Crippen molar-refractivity contribution in [2.24, 2.45) is 0 Å². The zero-order valence-electron chi connectivity index (χ0n) is 15.8. The second kappa shape index (κ2) is 5.99. The van der Waals surface area contributed by atoms with E-state index in [4.69, 9.17) is 0 Å². The van der Waals surface area contributed by atoms with Crippen molar-refractivity contribution in [3.8, 4) is 11.1 Å². The molecule has 1 aliphatic carbocycles. The zero-order valence-corrected chi connectivity index (χ0v) is 15.8. The van der Waals surface area contributed by atoms with Crippen molar-refractivity contribution in [2.75, 3.05) is 11.9 Å².